The number of nitrogens with one attached hydrogen (secondary N) is 1. The van der Waals surface area contributed by atoms with Crippen LogP contribution in [0.25, 0.3) is 0 Å². The molecule has 0 radical (unpaired) electrons. The topological polar surface area (TPSA) is 49.4 Å². The van der Waals surface area contributed by atoms with Gasteiger partial charge in [-0.15, -0.1) is 0 Å². The Bertz CT molecular complexity index is 837. The second kappa shape index (κ2) is 6.80. The Morgan fingerprint density at radius 3 is 2.60 bits per heavy atom. The van der Waals surface area contributed by atoms with Crippen LogP contribution in [0, 0.1) is 24.5 Å². The SMILES string of the molecule is Cc1ccc(Cl)cc1N1CC(C(=O)Nc2c(F)cccc2F)CC1=O. The Labute approximate surface area is 148 Å². The fraction of sp³-hybridized carbons (Fsp3) is 0.222. The van der Waals surface area contributed by atoms with Gasteiger partial charge in [0.2, 0.25) is 11.8 Å². The van der Waals surface area contributed by atoms with E-state index in [9.17, 15) is 18.4 Å². The molecule has 7 heteroatoms. The number of hydrogen-bond donors (Lipinski definition) is 1. The lowest BCUT2D eigenvalue weighted by molar-refractivity contribution is -0.122. The molecule has 1 N–H and O–H groups in total. The van der Waals surface area contributed by atoms with Crippen LogP contribution in [0.5, 0.6) is 0 Å². The first kappa shape index (κ1) is 17.4. The van der Waals surface area contributed by atoms with Crippen molar-refractivity contribution in [3.8, 4) is 0 Å². The molecule has 1 fully saturated rings. The third-order valence-electron chi connectivity index (χ3n) is 4.17. The highest BCUT2D eigenvalue weighted by molar-refractivity contribution is 6.31. The minimum absolute atomic E-state index is 0.0339. The Kier molecular flexibility index (Phi) is 4.72. The Hall–Kier alpha value is -2.47. The molecule has 0 bridgehead atoms. The summed E-state index contributed by atoms with van der Waals surface area (Å²) in [6, 6.07) is 8.48. The molecule has 4 nitrogen and oxygen atoms in total. The first-order valence-corrected chi connectivity index (χ1v) is 8.06. The molecule has 130 valence electrons. The van der Waals surface area contributed by atoms with E-state index in [4.69, 9.17) is 11.6 Å². The van der Waals surface area contributed by atoms with Gasteiger partial charge >= 0.3 is 0 Å². The number of anilines is 2. The summed E-state index contributed by atoms with van der Waals surface area (Å²) in [4.78, 5) is 26.1. The van der Waals surface area contributed by atoms with Crippen LogP contribution >= 0.6 is 11.6 Å². The number of nitrogens with zero attached hydrogens (tertiary/aromatic N) is 1. The summed E-state index contributed by atoms with van der Waals surface area (Å²) in [7, 11) is 0. The summed E-state index contributed by atoms with van der Waals surface area (Å²) in [5, 5.41) is 2.73. The second-order valence-electron chi connectivity index (χ2n) is 5.92. The largest absolute Gasteiger partial charge is 0.321 e. The van der Waals surface area contributed by atoms with Crippen LogP contribution in [0.3, 0.4) is 0 Å². The van der Waals surface area contributed by atoms with Crippen molar-refractivity contribution in [3.05, 3.63) is 58.6 Å². The quantitative estimate of drug-likeness (QED) is 0.897. The van der Waals surface area contributed by atoms with E-state index >= 15 is 0 Å². The van der Waals surface area contributed by atoms with E-state index in [1.165, 1.54) is 11.0 Å². The lowest BCUT2D eigenvalue weighted by Crippen LogP contribution is -2.29. The molecule has 1 unspecified atom stereocenters. The molecule has 0 aliphatic carbocycles. The highest BCUT2D eigenvalue weighted by Crippen LogP contribution is 2.31. The van der Waals surface area contributed by atoms with Gasteiger partial charge in [-0.25, -0.2) is 8.78 Å². The van der Waals surface area contributed by atoms with Crippen LogP contribution in [0.1, 0.15) is 12.0 Å². The van der Waals surface area contributed by atoms with Crippen LogP contribution in [0.15, 0.2) is 36.4 Å². The van der Waals surface area contributed by atoms with Crippen molar-refractivity contribution in [1.82, 2.24) is 0 Å². The molecule has 1 atom stereocenters. The van der Waals surface area contributed by atoms with Gasteiger partial charge < -0.3 is 10.2 Å². The number of aryl methyl sites for hydroxylation is 1. The van der Waals surface area contributed by atoms with Crippen LogP contribution in [0.4, 0.5) is 20.2 Å². The van der Waals surface area contributed by atoms with Crippen LogP contribution < -0.4 is 10.2 Å². The van der Waals surface area contributed by atoms with Crippen molar-refractivity contribution in [2.75, 3.05) is 16.8 Å². The number of para-hydroxylation sites is 1. The zero-order valence-electron chi connectivity index (χ0n) is 13.4. The maximum Gasteiger partial charge on any atom is 0.229 e. The monoisotopic (exact) mass is 364 g/mol. The van der Waals surface area contributed by atoms with Crippen molar-refractivity contribution in [2.24, 2.45) is 5.92 Å². The summed E-state index contributed by atoms with van der Waals surface area (Å²) in [5.74, 6) is -3.26. The van der Waals surface area contributed by atoms with Crippen molar-refractivity contribution < 1.29 is 18.4 Å². The molecule has 1 heterocycles. The predicted octanol–water partition coefficient (Wildman–Crippen LogP) is 3.92. The Morgan fingerprint density at radius 2 is 1.92 bits per heavy atom. The van der Waals surface area contributed by atoms with Gasteiger partial charge in [-0.2, -0.15) is 0 Å². The molecule has 0 spiro atoms. The van der Waals surface area contributed by atoms with Gasteiger partial charge in [0.25, 0.3) is 0 Å². The van der Waals surface area contributed by atoms with Crippen LogP contribution in [-0.4, -0.2) is 18.4 Å². The first-order chi connectivity index (χ1) is 11.9. The average Bonchev–Trinajstić information content (AvgIpc) is 2.95. The molecule has 2 aromatic rings. The molecule has 0 saturated carbocycles. The molecular weight excluding hydrogens is 350 g/mol. The van der Waals surface area contributed by atoms with E-state index in [2.05, 4.69) is 5.32 Å². The minimum atomic E-state index is -0.861. The van der Waals surface area contributed by atoms with Gasteiger partial charge in [-0.1, -0.05) is 23.7 Å². The van der Waals surface area contributed by atoms with E-state index in [-0.39, 0.29) is 18.9 Å². The van der Waals surface area contributed by atoms with Gasteiger partial charge in [-0.3, -0.25) is 9.59 Å². The van der Waals surface area contributed by atoms with Crippen molar-refractivity contribution in [3.63, 3.8) is 0 Å². The van der Waals surface area contributed by atoms with Gasteiger partial charge in [0, 0.05) is 23.7 Å². The molecule has 1 aliphatic rings. The van der Waals surface area contributed by atoms with Gasteiger partial charge in [0.1, 0.15) is 17.3 Å². The molecule has 25 heavy (non-hydrogen) atoms. The second-order valence-corrected chi connectivity index (χ2v) is 6.36. The molecule has 1 aliphatic heterocycles. The lowest BCUT2D eigenvalue weighted by atomic mass is 10.1. The predicted molar refractivity (Wildman–Crippen MR) is 91.6 cm³/mol. The summed E-state index contributed by atoms with van der Waals surface area (Å²) in [6.45, 7) is 1.96. The van der Waals surface area contributed by atoms with Gasteiger partial charge in [0.15, 0.2) is 0 Å². The number of amides is 2. The number of halogens is 3. The third kappa shape index (κ3) is 3.49. The van der Waals surface area contributed by atoms with E-state index in [1.54, 1.807) is 18.2 Å². The molecule has 0 aromatic heterocycles. The molecule has 2 aromatic carbocycles. The molecular formula is C18H15ClF2N2O2. The van der Waals surface area contributed by atoms with Gasteiger partial charge in [0.05, 0.1) is 5.92 Å². The summed E-state index contributed by atoms with van der Waals surface area (Å²) in [5.41, 5.74) is 0.973. The van der Waals surface area contributed by atoms with E-state index in [0.29, 0.717) is 10.7 Å². The Balaban J connectivity index is 1.78. The molecule has 3 rings (SSSR count). The molecule has 1 saturated heterocycles. The van der Waals surface area contributed by atoms with E-state index in [0.717, 1.165) is 17.7 Å². The number of rotatable bonds is 3. The fourth-order valence-electron chi connectivity index (χ4n) is 2.83. The summed E-state index contributed by atoms with van der Waals surface area (Å²) in [6.07, 6.45) is -0.0339. The van der Waals surface area contributed by atoms with Crippen molar-refractivity contribution >= 4 is 34.8 Å². The lowest BCUT2D eigenvalue weighted by Gasteiger charge is -2.19. The average molecular weight is 365 g/mol. The van der Waals surface area contributed by atoms with Crippen molar-refractivity contribution in [1.29, 1.82) is 0 Å². The van der Waals surface area contributed by atoms with E-state index in [1.807, 2.05) is 6.92 Å². The number of benzene rings is 2. The van der Waals surface area contributed by atoms with Crippen LogP contribution in [-0.2, 0) is 9.59 Å². The smallest absolute Gasteiger partial charge is 0.229 e. The summed E-state index contributed by atoms with van der Waals surface area (Å²) >= 11 is 5.98. The van der Waals surface area contributed by atoms with Crippen LogP contribution in [0.2, 0.25) is 5.02 Å². The minimum Gasteiger partial charge on any atom is -0.321 e. The normalized spacial score (nSPS) is 17.0. The zero-order valence-corrected chi connectivity index (χ0v) is 14.1. The number of carbonyl (C=O) groups excluding carboxylic acids is 2. The zero-order chi connectivity index (χ0) is 18.1. The number of hydrogen-bond acceptors (Lipinski definition) is 2. The summed E-state index contributed by atoms with van der Waals surface area (Å²) < 4.78 is 27.3. The molecule has 2 amide bonds. The van der Waals surface area contributed by atoms with Crippen molar-refractivity contribution in [2.45, 2.75) is 13.3 Å². The van der Waals surface area contributed by atoms with Gasteiger partial charge in [-0.05, 0) is 36.8 Å². The Morgan fingerprint density at radius 1 is 1.24 bits per heavy atom. The number of carbonyl (C=O) groups is 2. The highest BCUT2D eigenvalue weighted by atomic mass is 35.5. The highest BCUT2D eigenvalue weighted by Gasteiger charge is 2.36. The maximum absolute atomic E-state index is 13.7. The standard InChI is InChI=1S/C18H15ClF2N2O2/c1-10-5-6-12(19)8-15(10)23-9-11(7-16(23)24)18(25)22-17-13(20)3-2-4-14(17)21/h2-6,8,11H,7,9H2,1H3,(H,22,25). The third-order valence-corrected chi connectivity index (χ3v) is 4.40. The maximum atomic E-state index is 13.7. The fourth-order valence-corrected chi connectivity index (χ4v) is 3.00. The van der Waals surface area contributed by atoms with E-state index < -0.39 is 29.1 Å². The first-order valence-electron chi connectivity index (χ1n) is 7.68.